The molecule has 2 unspecified atom stereocenters. The zero-order valence-corrected chi connectivity index (χ0v) is 12.3. The van der Waals surface area contributed by atoms with Crippen LogP contribution in [0.15, 0.2) is 54.6 Å². The molecule has 0 amide bonds. The fourth-order valence-corrected chi connectivity index (χ4v) is 1.99. The third kappa shape index (κ3) is 4.07. The second-order valence-corrected chi connectivity index (χ2v) is 4.83. The summed E-state index contributed by atoms with van der Waals surface area (Å²) in [4.78, 5) is 11.3. The van der Waals surface area contributed by atoms with Crippen LogP contribution in [0.3, 0.4) is 0 Å². The summed E-state index contributed by atoms with van der Waals surface area (Å²) in [5.41, 5.74) is 7.28. The van der Waals surface area contributed by atoms with Gasteiger partial charge in [0.15, 0.2) is 0 Å². The Bertz CT molecular complexity index is 598. The molecule has 5 heteroatoms. The van der Waals surface area contributed by atoms with E-state index in [9.17, 15) is 9.90 Å². The van der Waals surface area contributed by atoms with Gasteiger partial charge in [0.25, 0.3) is 0 Å². The SMILES string of the molecule is COC(=O)c1ccc(OCC(O)C(N)c2ccccc2)cc1. The summed E-state index contributed by atoms with van der Waals surface area (Å²) in [5, 5.41) is 10.1. The number of rotatable bonds is 6. The largest absolute Gasteiger partial charge is 0.491 e. The Morgan fingerprint density at radius 3 is 2.36 bits per heavy atom. The Morgan fingerprint density at radius 2 is 1.77 bits per heavy atom. The monoisotopic (exact) mass is 301 g/mol. The Kier molecular flexibility index (Phi) is 5.52. The molecule has 3 N–H and O–H groups in total. The highest BCUT2D eigenvalue weighted by Gasteiger charge is 2.17. The number of carbonyl (C=O) groups excluding carboxylic acids is 1. The summed E-state index contributed by atoms with van der Waals surface area (Å²) in [6.07, 6.45) is -0.831. The summed E-state index contributed by atoms with van der Waals surface area (Å²) >= 11 is 0. The van der Waals surface area contributed by atoms with Crippen molar-refractivity contribution in [3.05, 3.63) is 65.7 Å². The Hall–Kier alpha value is -2.37. The van der Waals surface area contributed by atoms with Crippen molar-refractivity contribution in [2.75, 3.05) is 13.7 Å². The molecular formula is C17H19NO4. The molecule has 22 heavy (non-hydrogen) atoms. The predicted octanol–water partition coefficient (Wildman–Crippen LogP) is 1.91. The summed E-state index contributed by atoms with van der Waals surface area (Å²) in [5.74, 6) is 0.143. The maximum Gasteiger partial charge on any atom is 0.337 e. The number of ether oxygens (including phenoxy) is 2. The third-order valence-electron chi connectivity index (χ3n) is 3.30. The van der Waals surface area contributed by atoms with E-state index < -0.39 is 18.1 Å². The van der Waals surface area contributed by atoms with E-state index in [1.807, 2.05) is 30.3 Å². The highest BCUT2D eigenvalue weighted by atomic mass is 16.5. The number of hydrogen-bond donors (Lipinski definition) is 2. The van der Waals surface area contributed by atoms with Crippen LogP contribution in [0.1, 0.15) is 22.0 Å². The van der Waals surface area contributed by atoms with Crippen LogP contribution in [0.4, 0.5) is 0 Å². The lowest BCUT2D eigenvalue weighted by Crippen LogP contribution is -2.31. The lowest BCUT2D eigenvalue weighted by molar-refractivity contribution is 0.0600. The van der Waals surface area contributed by atoms with Crippen LogP contribution in [0.2, 0.25) is 0 Å². The molecule has 0 bridgehead atoms. The van der Waals surface area contributed by atoms with E-state index >= 15 is 0 Å². The van der Waals surface area contributed by atoms with Crippen molar-refractivity contribution in [2.45, 2.75) is 12.1 Å². The van der Waals surface area contributed by atoms with Crippen LogP contribution in [0.5, 0.6) is 5.75 Å². The molecule has 2 aromatic carbocycles. The minimum atomic E-state index is -0.831. The highest BCUT2D eigenvalue weighted by molar-refractivity contribution is 5.89. The highest BCUT2D eigenvalue weighted by Crippen LogP contribution is 2.17. The molecule has 0 saturated heterocycles. The molecule has 0 aliphatic carbocycles. The molecule has 2 rings (SSSR count). The van der Waals surface area contributed by atoms with Gasteiger partial charge in [-0.05, 0) is 29.8 Å². The van der Waals surface area contributed by atoms with Gasteiger partial charge >= 0.3 is 5.97 Å². The Balaban J connectivity index is 1.91. The zero-order chi connectivity index (χ0) is 15.9. The molecular weight excluding hydrogens is 282 g/mol. The summed E-state index contributed by atoms with van der Waals surface area (Å²) < 4.78 is 10.1. The van der Waals surface area contributed by atoms with Crippen molar-refractivity contribution in [3.63, 3.8) is 0 Å². The quantitative estimate of drug-likeness (QED) is 0.797. The molecule has 0 aliphatic rings. The minimum absolute atomic E-state index is 0.0631. The molecule has 0 aromatic heterocycles. The Morgan fingerprint density at radius 1 is 1.14 bits per heavy atom. The number of nitrogens with two attached hydrogens (primary N) is 1. The van der Waals surface area contributed by atoms with Gasteiger partial charge in [0.2, 0.25) is 0 Å². The minimum Gasteiger partial charge on any atom is -0.491 e. The van der Waals surface area contributed by atoms with E-state index in [1.54, 1.807) is 24.3 Å². The smallest absolute Gasteiger partial charge is 0.337 e. The summed E-state index contributed by atoms with van der Waals surface area (Å²) in [7, 11) is 1.33. The van der Waals surface area contributed by atoms with E-state index in [1.165, 1.54) is 7.11 Å². The van der Waals surface area contributed by atoms with Gasteiger partial charge in [0.05, 0.1) is 18.7 Å². The van der Waals surface area contributed by atoms with Crippen LogP contribution in [0.25, 0.3) is 0 Å². The molecule has 0 heterocycles. The lowest BCUT2D eigenvalue weighted by Gasteiger charge is -2.19. The molecule has 0 spiro atoms. The Labute approximate surface area is 129 Å². The van der Waals surface area contributed by atoms with E-state index in [4.69, 9.17) is 10.5 Å². The van der Waals surface area contributed by atoms with Gasteiger partial charge in [0.1, 0.15) is 18.5 Å². The molecule has 116 valence electrons. The van der Waals surface area contributed by atoms with E-state index in [2.05, 4.69) is 4.74 Å². The molecule has 0 radical (unpaired) electrons. The first kappa shape index (κ1) is 16.0. The number of benzene rings is 2. The number of methoxy groups -OCH3 is 1. The normalized spacial score (nSPS) is 13.2. The van der Waals surface area contributed by atoms with Gasteiger partial charge in [0, 0.05) is 0 Å². The first-order chi connectivity index (χ1) is 10.6. The number of carbonyl (C=O) groups is 1. The number of aliphatic hydroxyl groups excluding tert-OH is 1. The van der Waals surface area contributed by atoms with Crippen molar-refractivity contribution in [2.24, 2.45) is 5.73 Å². The van der Waals surface area contributed by atoms with Crippen LogP contribution in [-0.2, 0) is 4.74 Å². The summed E-state index contributed by atoms with van der Waals surface area (Å²) in [6.45, 7) is 0.0631. The topological polar surface area (TPSA) is 81.8 Å². The maximum absolute atomic E-state index is 11.3. The first-order valence-electron chi connectivity index (χ1n) is 6.91. The second kappa shape index (κ2) is 7.59. The fourth-order valence-electron chi connectivity index (χ4n) is 1.99. The molecule has 5 nitrogen and oxygen atoms in total. The van der Waals surface area contributed by atoms with Crippen molar-refractivity contribution < 1.29 is 19.4 Å². The number of esters is 1. The van der Waals surface area contributed by atoms with Crippen molar-refractivity contribution in [1.29, 1.82) is 0 Å². The van der Waals surface area contributed by atoms with Gasteiger partial charge in [-0.1, -0.05) is 30.3 Å². The summed E-state index contributed by atoms with van der Waals surface area (Å²) in [6, 6.07) is 15.3. The van der Waals surface area contributed by atoms with Crippen LogP contribution in [0, 0.1) is 0 Å². The number of aliphatic hydroxyl groups is 1. The van der Waals surface area contributed by atoms with E-state index in [0.29, 0.717) is 11.3 Å². The van der Waals surface area contributed by atoms with Crippen molar-refractivity contribution in [3.8, 4) is 5.75 Å². The van der Waals surface area contributed by atoms with Crippen LogP contribution in [-0.4, -0.2) is 30.9 Å². The fraction of sp³-hybridized carbons (Fsp3) is 0.235. The van der Waals surface area contributed by atoms with Gasteiger partial charge in [-0.25, -0.2) is 4.79 Å². The lowest BCUT2D eigenvalue weighted by atomic mass is 10.0. The average molecular weight is 301 g/mol. The van der Waals surface area contributed by atoms with Crippen LogP contribution >= 0.6 is 0 Å². The molecule has 2 atom stereocenters. The molecule has 2 aromatic rings. The predicted molar refractivity (Wildman–Crippen MR) is 82.7 cm³/mol. The number of hydrogen-bond acceptors (Lipinski definition) is 5. The van der Waals surface area contributed by atoms with Gasteiger partial charge < -0.3 is 20.3 Å². The molecule has 0 aliphatic heterocycles. The van der Waals surface area contributed by atoms with E-state index in [-0.39, 0.29) is 6.61 Å². The first-order valence-corrected chi connectivity index (χ1v) is 6.91. The third-order valence-corrected chi connectivity index (χ3v) is 3.30. The van der Waals surface area contributed by atoms with Crippen molar-refractivity contribution >= 4 is 5.97 Å². The standard InChI is InChI=1S/C17H19NO4/c1-21-17(20)13-7-9-14(10-8-13)22-11-15(19)16(18)12-5-3-2-4-6-12/h2-10,15-16,19H,11,18H2,1H3. The zero-order valence-electron chi connectivity index (χ0n) is 12.3. The maximum atomic E-state index is 11.3. The average Bonchev–Trinajstić information content (AvgIpc) is 2.59. The molecule has 0 saturated carbocycles. The van der Waals surface area contributed by atoms with E-state index in [0.717, 1.165) is 5.56 Å². The van der Waals surface area contributed by atoms with Gasteiger partial charge in [-0.15, -0.1) is 0 Å². The second-order valence-electron chi connectivity index (χ2n) is 4.83. The van der Waals surface area contributed by atoms with Crippen molar-refractivity contribution in [1.82, 2.24) is 0 Å². The molecule has 0 fully saturated rings. The van der Waals surface area contributed by atoms with Gasteiger partial charge in [-0.3, -0.25) is 0 Å². The van der Waals surface area contributed by atoms with Gasteiger partial charge in [-0.2, -0.15) is 0 Å². The van der Waals surface area contributed by atoms with Crippen LogP contribution < -0.4 is 10.5 Å².